The summed E-state index contributed by atoms with van der Waals surface area (Å²) in [4.78, 5) is 11.7. The quantitative estimate of drug-likeness (QED) is 0.800. The van der Waals surface area contributed by atoms with Crippen molar-refractivity contribution in [3.8, 4) is 5.75 Å². The second-order valence-corrected chi connectivity index (χ2v) is 7.06. The Kier molecular flexibility index (Phi) is 5.72. The number of carbonyl (C=O) groups is 1. The fourth-order valence-electron chi connectivity index (χ4n) is 2.62. The van der Waals surface area contributed by atoms with Gasteiger partial charge in [0, 0.05) is 38.7 Å². The van der Waals surface area contributed by atoms with Crippen LogP contribution >= 0.6 is 0 Å². The first-order valence-electron chi connectivity index (χ1n) is 8.08. The maximum Gasteiger partial charge on any atom is 0.412 e. The van der Waals surface area contributed by atoms with Crippen LogP contribution < -0.4 is 10.1 Å². The van der Waals surface area contributed by atoms with E-state index in [0.29, 0.717) is 18.2 Å². The molecule has 0 aliphatic heterocycles. The minimum Gasteiger partial charge on any atom is -0.493 e. The van der Waals surface area contributed by atoms with Crippen LogP contribution in [0.15, 0.2) is 24.3 Å². The molecule has 6 heteroatoms. The molecule has 1 aliphatic carbocycles. The zero-order valence-corrected chi connectivity index (χ0v) is 15.0. The summed E-state index contributed by atoms with van der Waals surface area (Å²) in [6.45, 7) is 6.09. The lowest BCUT2D eigenvalue weighted by Crippen LogP contribution is -2.49. The van der Waals surface area contributed by atoms with Crippen molar-refractivity contribution in [2.24, 2.45) is 5.92 Å². The minimum absolute atomic E-state index is 0.421. The summed E-state index contributed by atoms with van der Waals surface area (Å²) in [6, 6.07) is 7.22. The molecule has 0 spiro atoms. The van der Waals surface area contributed by atoms with Gasteiger partial charge in [-0.3, -0.25) is 5.32 Å². The van der Waals surface area contributed by atoms with E-state index < -0.39 is 17.5 Å². The molecule has 0 saturated heterocycles. The molecule has 2 rings (SSSR count). The number of amides is 1. The maximum atomic E-state index is 11.7. The van der Waals surface area contributed by atoms with Crippen LogP contribution in [0.25, 0.3) is 0 Å². The van der Waals surface area contributed by atoms with E-state index in [0.717, 1.165) is 18.6 Å². The lowest BCUT2D eigenvalue weighted by atomic mass is 9.79. The highest BCUT2D eigenvalue weighted by Crippen LogP contribution is 2.41. The molecule has 24 heavy (non-hydrogen) atoms. The van der Waals surface area contributed by atoms with Crippen molar-refractivity contribution in [3.05, 3.63) is 24.3 Å². The molecular weight excluding hydrogens is 310 g/mol. The average Bonchev–Trinajstić information content (AvgIpc) is 2.46. The number of benzene rings is 1. The molecule has 1 saturated carbocycles. The first-order chi connectivity index (χ1) is 11.3. The largest absolute Gasteiger partial charge is 0.493 e. The van der Waals surface area contributed by atoms with Gasteiger partial charge >= 0.3 is 6.09 Å². The SMILES string of the molecule is COC1(OC)CC(COc2ccc(NC(=O)OC(C)(C)C)cc2)C1. The molecule has 1 aliphatic rings. The van der Waals surface area contributed by atoms with Crippen molar-refractivity contribution in [2.75, 3.05) is 26.1 Å². The van der Waals surface area contributed by atoms with E-state index in [2.05, 4.69) is 5.32 Å². The van der Waals surface area contributed by atoms with Gasteiger partial charge in [0.25, 0.3) is 0 Å². The van der Waals surface area contributed by atoms with Crippen molar-refractivity contribution in [1.29, 1.82) is 0 Å². The number of nitrogens with one attached hydrogen (secondary N) is 1. The van der Waals surface area contributed by atoms with E-state index in [-0.39, 0.29) is 0 Å². The fraction of sp³-hybridized carbons (Fsp3) is 0.611. The first kappa shape index (κ1) is 18.5. The van der Waals surface area contributed by atoms with E-state index in [1.165, 1.54) is 0 Å². The number of hydrogen-bond donors (Lipinski definition) is 1. The van der Waals surface area contributed by atoms with Gasteiger partial charge in [-0.2, -0.15) is 0 Å². The molecule has 0 radical (unpaired) electrons. The number of ether oxygens (including phenoxy) is 4. The molecule has 0 bridgehead atoms. The lowest BCUT2D eigenvalue weighted by molar-refractivity contribution is -0.272. The Morgan fingerprint density at radius 3 is 2.25 bits per heavy atom. The number of hydrogen-bond acceptors (Lipinski definition) is 5. The molecule has 1 N–H and O–H groups in total. The number of rotatable bonds is 6. The van der Waals surface area contributed by atoms with Crippen LogP contribution in [0.3, 0.4) is 0 Å². The van der Waals surface area contributed by atoms with Crippen LogP contribution in [-0.4, -0.2) is 38.3 Å². The van der Waals surface area contributed by atoms with E-state index in [4.69, 9.17) is 18.9 Å². The smallest absolute Gasteiger partial charge is 0.412 e. The van der Waals surface area contributed by atoms with Crippen molar-refractivity contribution in [2.45, 2.75) is 45.0 Å². The summed E-state index contributed by atoms with van der Waals surface area (Å²) in [7, 11) is 3.33. The zero-order chi connectivity index (χ0) is 17.8. The average molecular weight is 337 g/mol. The Hall–Kier alpha value is -1.79. The molecule has 0 unspecified atom stereocenters. The Morgan fingerprint density at radius 2 is 1.75 bits per heavy atom. The highest BCUT2D eigenvalue weighted by atomic mass is 16.7. The lowest BCUT2D eigenvalue weighted by Gasteiger charge is -2.44. The molecular formula is C18H27NO5. The number of anilines is 1. The monoisotopic (exact) mass is 337 g/mol. The first-order valence-corrected chi connectivity index (χ1v) is 8.08. The number of carbonyl (C=O) groups excluding carboxylic acids is 1. The molecule has 0 atom stereocenters. The van der Waals surface area contributed by atoms with E-state index in [9.17, 15) is 4.79 Å². The molecule has 1 amide bonds. The second-order valence-electron chi connectivity index (χ2n) is 7.06. The number of methoxy groups -OCH3 is 2. The summed E-state index contributed by atoms with van der Waals surface area (Å²) in [5, 5.41) is 2.69. The van der Waals surface area contributed by atoms with Gasteiger partial charge in [0.1, 0.15) is 11.4 Å². The van der Waals surface area contributed by atoms with Crippen LogP contribution in [0.1, 0.15) is 33.6 Å². The van der Waals surface area contributed by atoms with Gasteiger partial charge in [-0.1, -0.05) is 0 Å². The van der Waals surface area contributed by atoms with Crippen molar-refractivity contribution >= 4 is 11.8 Å². The van der Waals surface area contributed by atoms with E-state index >= 15 is 0 Å². The van der Waals surface area contributed by atoms with Crippen molar-refractivity contribution < 1.29 is 23.7 Å². The van der Waals surface area contributed by atoms with Gasteiger partial charge in [-0.05, 0) is 45.0 Å². The van der Waals surface area contributed by atoms with Crippen LogP contribution in [0, 0.1) is 5.92 Å². The van der Waals surface area contributed by atoms with Gasteiger partial charge in [0.15, 0.2) is 5.79 Å². The second kappa shape index (κ2) is 7.40. The third-order valence-corrected chi connectivity index (χ3v) is 3.93. The summed E-state index contributed by atoms with van der Waals surface area (Å²) >= 11 is 0. The summed E-state index contributed by atoms with van der Waals surface area (Å²) in [5.41, 5.74) is 0.147. The molecule has 1 aromatic carbocycles. The van der Waals surface area contributed by atoms with Crippen LogP contribution in [0.2, 0.25) is 0 Å². The molecule has 6 nitrogen and oxygen atoms in total. The summed E-state index contributed by atoms with van der Waals surface area (Å²) in [6.07, 6.45) is 1.19. The molecule has 1 aromatic rings. The highest BCUT2D eigenvalue weighted by Gasteiger charge is 2.45. The summed E-state index contributed by atoms with van der Waals surface area (Å²) < 4.78 is 21.7. The topological polar surface area (TPSA) is 66.0 Å². The van der Waals surface area contributed by atoms with Crippen LogP contribution in [-0.2, 0) is 14.2 Å². The summed E-state index contributed by atoms with van der Waals surface area (Å²) in [5.74, 6) is 0.747. The maximum absolute atomic E-state index is 11.7. The fourth-order valence-corrected chi connectivity index (χ4v) is 2.62. The Bertz CT molecular complexity index is 538. The van der Waals surface area contributed by atoms with Crippen molar-refractivity contribution in [1.82, 2.24) is 0 Å². The Morgan fingerprint density at radius 1 is 1.17 bits per heavy atom. The molecule has 134 valence electrons. The van der Waals surface area contributed by atoms with E-state index in [1.807, 2.05) is 32.9 Å². The normalized spacial score (nSPS) is 17.0. The molecule has 1 fully saturated rings. The minimum atomic E-state index is -0.518. The third-order valence-electron chi connectivity index (χ3n) is 3.93. The van der Waals surface area contributed by atoms with E-state index in [1.54, 1.807) is 26.4 Å². The zero-order valence-electron chi connectivity index (χ0n) is 15.0. The van der Waals surface area contributed by atoms with Gasteiger partial charge in [-0.15, -0.1) is 0 Å². The standard InChI is InChI=1S/C18H27NO5/c1-17(2,3)24-16(20)19-14-6-8-15(9-7-14)23-12-13-10-18(11-13,21-4)22-5/h6-9,13H,10-12H2,1-5H3,(H,19,20). The Balaban J connectivity index is 1.76. The third kappa shape index (κ3) is 5.11. The predicted molar refractivity (Wildman–Crippen MR) is 91.3 cm³/mol. The Labute approximate surface area is 143 Å². The van der Waals surface area contributed by atoms with Crippen molar-refractivity contribution in [3.63, 3.8) is 0 Å². The molecule has 0 aromatic heterocycles. The van der Waals surface area contributed by atoms with Gasteiger partial charge in [0.05, 0.1) is 6.61 Å². The van der Waals surface area contributed by atoms with Crippen LogP contribution in [0.4, 0.5) is 10.5 Å². The van der Waals surface area contributed by atoms with Gasteiger partial charge < -0.3 is 18.9 Å². The van der Waals surface area contributed by atoms with Crippen LogP contribution in [0.5, 0.6) is 5.75 Å². The van der Waals surface area contributed by atoms with Gasteiger partial charge in [0.2, 0.25) is 0 Å². The highest BCUT2D eigenvalue weighted by molar-refractivity contribution is 5.84. The molecule has 0 heterocycles. The van der Waals surface area contributed by atoms with Gasteiger partial charge in [-0.25, -0.2) is 4.79 Å². The predicted octanol–water partition coefficient (Wildman–Crippen LogP) is 3.81.